The summed E-state index contributed by atoms with van der Waals surface area (Å²) in [6.07, 6.45) is 2.37. The molecule has 0 saturated carbocycles. The molecule has 68 valence electrons. The Labute approximate surface area is 86.3 Å². The van der Waals surface area contributed by atoms with Gasteiger partial charge >= 0.3 is 0 Å². The third-order valence-corrected chi connectivity index (χ3v) is 3.97. The van der Waals surface area contributed by atoms with Crippen LogP contribution in [0.25, 0.3) is 0 Å². The summed E-state index contributed by atoms with van der Waals surface area (Å²) in [4.78, 5) is 1.46. The molecule has 3 heteroatoms. The third-order valence-electron chi connectivity index (χ3n) is 1.99. The van der Waals surface area contributed by atoms with Gasteiger partial charge < -0.3 is 5.32 Å². The van der Waals surface area contributed by atoms with Gasteiger partial charge in [-0.3, -0.25) is 0 Å². The van der Waals surface area contributed by atoms with Crippen LogP contribution in [0.1, 0.15) is 18.2 Å². The Morgan fingerprint density at radius 1 is 1.67 bits per heavy atom. The smallest absolute Gasteiger partial charge is 0.0314 e. The lowest BCUT2D eigenvalue weighted by Crippen LogP contribution is -2.21. The molecule has 0 spiro atoms. The molecule has 0 aromatic carbocycles. The van der Waals surface area contributed by atoms with Gasteiger partial charge in [-0.1, -0.05) is 0 Å². The summed E-state index contributed by atoms with van der Waals surface area (Å²) in [5, 5.41) is 5.36. The number of hydrogen-bond acceptors (Lipinski definition) is 2. The number of thiophene rings is 1. The second-order valence-electron chi connectivity index (χ2n) is 2.92. The number of halogens is 1. The molecule has 0 aliphatic heterocycles. The summed E-state index contributed by atoms with van der Waals surface area (Å²) >= 11 is 5.36. The van der Waals surface area contributed by atoms with Crippen molar-refractivity contribution in [2.24, 2.45) is 0 Å². The minimum Gasteiger partial charge on any atom is -0.317 e. The van der Waals surface area contributed by atoms with Crippen LogP contribution in [0.15, 0.2) is 15.9 Å². The van der Waals surface area contributed by atoms with E-state index in [4.69, 9.17) is 0 Å². The molecule has 1 rings (SSSR count). The van der Waals surface area contributed by atoms with Gasteiger partial charge in [-0.25, -0.2) is 0 Å². The summed E-state index contributed by atoms with van der Waals surface area (Å²) in [6.45, 7) is 2.21. The highest BCUT2D eigenvalue weighted by Gasteiger charge is 2.03. The number of rotatable bonds is 4. The van der Waals surface area contributed by atoms with Crippen molar-refractivity contribution in [1.82, 2.24) is 5.32 Å². The quantitative estimate of drug-likeness (QED) is 0.863. The first-order valence-electron chi connectivity index (χ1n) is 4.13. The van der Waals surface area contributed by atoms with E-state index in [9.17, 15) is 0 Å². The maximum atomic E-state index is 3.53. The Bertz CT molecular complexity index is 234. The molecular weight excluding hydrogens is 234 g/mol. The third kappa shape index (κ3) is 2.88. The molecule has 0 radical (unpaired) electrons. The fourth-order valence-corrected chi connectivity index (χ4v) is 2.57. The Kier molecular flexibility index (Phi) is 4.26. The number of hydrogen-bond donors (Lipinski definition) is 1. The average Bonchev–Trinajstić information content (AvgIpc) is 2.47. The zero-order valence-corrected chi connectivity index (χ0v) is 9.83. The first-order chi connectivity index (χ1) is 5.74. The van der Waals surface area contributed by atoms with Crippen LogP contribution >= 0.6 is 27.3 Å². The maximum Gasteiger partial charge on any atom is 0.0314 e. The van der Waals surface area contributed by atoms with Gasteiger partial charge in [0.2, 0.25) is 0 Å². The molecule has 0 bridgehead atoms. The molecule has 0 amide bonds. The molecule has 1 unspecified atom stereocenters. The van der Waals surface area contributed by atoms with E-state index in [2.05, 4.69) is 39.6 Å². The highest BCUT2D eigenvalue weighted by atomic mass is 79.9. The Morgan fingerprint density at radius 2 is 2.42 bits per heavy atom. The minimum atomic E-state index is 0.610. The molecule has 1 N–H and O–H groups in total. The lowest BCUT2D eigenvalue weighted by atomic mass is 10.1. The Hall–Kier alpha value is 0.140. The molecule has 0 fully saturated rings. The molecule has 1 atom stereocenters. The molecule has 0 aliphatic rings. The van der Waals surface area contributed by atoms with Crippen molar-refractivity contribution in [1.29, 1.82) is 0 Å². The largest absolute Gasteiger partial charge is 0.317 e. The predicted octanol–water partition coefficient (Wildman–Crippen LogP) is 3.05. The van der Waals surface area contributed by atoms with Crippen LogP contribution in [0.3, 0.4) is 0 Å². The second kappa shape index (κ2) is 5.00. The molecular formula is C9H14BrNS. The molecule has 1 aromatic heterocycles. The standard InChI is InChI=1S/C9H14BrNS/c1-7(11-2)3-4-9-8(10)5-6-12-9/h5-7,11H,3-4H2,1-2H3. The molecule has 1 aromatic rings. The van der Waals surface area contributed by atoms with E-state index in [-0.39, 0.29) is 0 Å². The highest BCUT2D eigenvalue weighted by Crippen LogP contribution is 2.24. The highest BCUT2D eigenvalue weighted by molar-refractivity contribution is 9.10. The van der Waals surface area contributed by atoms with Crippen molar-refractivity contribution in [2.45, 2.75) is 25.8 Å². The normalized spacial score (nSPS) is 13.2. The molecule has 1 nitrogen and oxygen atoms in total. The van der Waals surface area contributed by atoms with E-state index in [0.717, 1.165) is 0 Å². The summed E-state index contributed by atoms with van der Waals surface area (Å²) < 4.78 is 1.26. The van der Waals surface area contributed by atoms with E-state index < -0.39 is 0 Å². The van der Waals surface area contributed by atoms with Crippen LogP contribution in [0.2, 0.25) is 0 Å². The monoisotopic (exact) mass is 247 g/mol. The van der Waals surface area contributed by atoms with Crippen LogP contribution in [-0.2, 0) is 6.42 Å². The zero-order valence-electron chi connectivity index (χ0n) is 7.43. The van der Waals surface area contributed by atoms with Gasteiger partial charge in [0.1, 0.15) is 0 Å². The molecule has 0 aliphatic carbocycles. The first-order valence-corrected chi connectivity index (χ1v) is 5.80. The summed E-state index contributed by atoms with van der Waals surface area (Å²) in [7, 11) is 2.01. The Morgan fingerprint density at radius 3 is 2.92 bits per heavy atom. The van der Waals surface area contributed by atoms with Crippen LogP contribution in [0.4, 0.5) is 0 Å². The van der Waals surface area contributed by atoms with E-state index in [1.165, 1.54) is 22.2 Å². The van der Waals surface area contributed by atoms with Gasteiger partial charge in [-0.2, -0.15) is 0 Å². The van der Waals surface area contributed by atoms with Gasteiger partial charge in [0.15, 0.2) is 0 Å². The maximum absolute atomic E-state index is 3.53. The van der Waals surface area contributed by atoms with Crippen LogP contribution in [0.5, 0.6) is 0 Å². The van der Waals surface area contributed by atoms with Crippen molar-refractivity contribution in [3.05, 3.63) is 20.8 Å². The summed E-state index contributed by atoms with van der Waals surface area (Å²) in [5.41, 5.74) is 0. The fourth-order valence-electron chi connectivity index (χ4n) is 0.995. The SMILES string of the molecule is CNC(C)CCc1sccc1Br. The van der Waals surface area contributed by atoms with Gasteiger partial charge in [0, 0.05) is 15.4 Å². The minimum absolute atomic E-state index is 0.610. The molecule has 12 heavy (non-hydrogen) atoms. The average molecular weight is 248 g/mol. The van der Waals surface area contributed by atoms with Crippen LogP contribution < -0.4 is 5.32 Å². The van der Waals surface area contributed by atoms with E-state index in [1.54, 1.807) is 0 Å². The van der Waals surface area contributed by atoms with Gasteiger partial charge in [0.05, 0.1) is 0 Å². The van der Waals surface area contributed by atoms with Gasteiger partial charge in [-0.05, 0) is 54.2 Å². The van der Waals surface area contributed by atoms with Gasteiger partial charge in [0.25, 0.3) is 0 Å². The van der Waals surface area contributed by atoms with Crippen molar-refractivity contribution in [3.8, 4) is 0 Å². The molecule has 0 saturated heterocycles. The van der Waals surface area contributed by atoms with E-state index >= 15 is 0 Å². The van der Waals surface area contributed by atoms with Crippen molar-refractivity contribution in [2.75, 3.05) is 7.05 Å². The van der Waals surface area contributed by atoms with Crippen LogP contribution in [-0.4, -0.2) is 13.1 Å². The van der Waals surface area contributed by atoms with Crippen molar-refractivity contribution in [3.63, 3.8) is 0 Å². The lowest BCUT2D eigenvalue weighted by molar-refractivity contribution is 0.567. The van der Waals surface area contributed by atoms with Gasteiger partial charge in [-0.15, -0.1) is 11.3 Å². The predicted molar refractivity (Wildman–Crippen MR) is 58.9 cm³/mol. The van der Waals surface area contributed by atoms with E-state index in [1.807, 2.05) is 18.4 Å². The number of nitrogens with one attached hydrogen (secondary N) is 1. The van der Waals surface area contributed by atoms with Crippen molar-refractivity contribution < 1.29 is 0 Å². The fraction of sp³-hybridized carbons (Fsp3) is 0.556. The summed E-state index contributed by atoms with van der Waals surface area (Å²) in [6, 6.07) is 2.73. The molecule has 1 heterocycles. The number of aryl methyl sites for hydroxylation is 1. The second-order valence-corrected chi connectivity index (χ2v) is 4.78. The van der Waals surface area contributed by atoms with Crippen LogP contribution in [0, 0.1) is 0 Å². The van der Waals surface area contributed by atoms with Crippen molar-refractivity contribution >= 4 is 27.3 Å². The first kappa shape index (κ1) is 10.2. The zero-order chi connectivity index (χ0) is 8.97. The van der Waals surface area contributed by atoms with E-state index in [0.29, 0.717) is 6.04 Å². The Balaban J connectivity index is 2.38. The topological polar surface area (TPSA) is 12.0 Å². The lowest BCUT2D eigenvalue weighted by Gasteiger charge is -2.08. The summed E-state index contributed by atoms with van der Waals surface area (Å²) in [5.74, 6) is 0.